The molecule has 0 saturated heterocycles. The van der Waals surface area contributed by atoms with E-state index in [1.165, 1.54) is 36.9 Å². The zero-order valence-corrected chi connectivity index (χ0v) is 11.0. The van der Waals surface area contributed by atoms with Crippen LogP contribution in [0.1, 0.15) is 31.2 Å². The fraction of sp³-hybridized carbons (Fsp3) is 0.600. The third kappa shape index (κ3) is 3.22. The van der Waals surface area contributed by atoms with E-state index in [-0.39, 0.29) is 0 Å². The Labute approximate surface area is 105 Å². The van der Waals surface area contributed by atoms with Gasteiger partial charge in [-0.15, -0.1) is 0 Å². The van der Waals surface area contributed by atoms with Crippen molar-refractivity contribution in [3.63, 3.8) is 0 Å². The minimum absolute atomic E-state index is 0.400. The van der Waals surface area contributed by atoms with E-state index in [0.29, 0.717) is 12.0 Å². The molecule has 0 spiro atoms. The number of anilines is 1. The van der Waals surface area contributed by atoms with Gasteiger partial charge >= 0.3 is 0 Å². The van der Waals surface area contributed by atoms with E-state index in [1.54, 1.807) is 0 Å². The SMILES string of the molecule is Cc1ccc(N(C)CC2CCCCC2N)cc1. The molecule has 1 aromatic carbocycles. The first kappa shape index (κ1) is 12.4. The normalized spacial score (nSPS) is 24.6. The van der Waals surface area contributed by atoms with Crippen LogP contribution in [0.2, 0.25) is 0 Å². The maximum absolute atomic E-state index is 6.20. The zero-order valence-electron chi connectivity index (χ0n) is 11.0. The van der Waals surface area contributed by atoms with Crippen molar-refractivity contribution in [1.82, 2.24) is 0 Å². The van der Waals surface area contributed by atoms with Crippen molar-refractivity contribution in [2.24, 2.45) is 11.7 Å². The molecule has 2 heteroatoms. The topological polar surface area (TPSA) is 29.3 Å². The van der Waals surface area contributed by atoms with Crippen LogP contribution in [0.15, 0.2) is 24.3 Å². The number of rotatable bonds is 3. The fourth-order valence-corrected chi connectivity index (χ4v) is 2.72. The molecule has 94 valence electrons. The predicted octanol–water partition coefficient (Wildman–Crippen LogP) is 2.95. The van der Waals surface area contributed by atoms with Crippen molar-refractivity contribution in [1.29, 1.82) is 0 Å². The van der Waals surface area contributed by atoms with E-state index in [4.69, 9.17) is 5.73 Å². The summed E-state index contributed by atoms with van der Waals surface area (Å²) >= 11 is 0. The Hall–Kier alpha value is -1.02. The van der Waals surface area contributed by atoms with Crippen molar-refractivity contribution >= 4 is 5.69 Å². The van der Waals surface area contributed by atoms with Gasteiger partial charge in [0.25, 0.3) is 0 Å². The quantitative estimate of drug-likeness (QED) is 0.868. The lowest BCUT2D eigenvalue weighted by atomic mass is 9.85. The van der Waals surface area contributed by atoms with E-state index in [9.17, 15) is 0 Å². The summed E-state index contributed by atoms with van der Waals surface area (Å²) in [5, 5.41) is 0. The molecule has 17 heavy (non-hydrogen) atoms. The van der Waals surface area contributed by atoms with Gasteiger partial charge in [0.15, 0.2) is 0 Å². The Kier molecular flexibility index (Phi) is 4.06. The highest BCUT2D eigenvalue weighted by Gasteiger charge is 2.22. The van der Waals surface area contributed by atoms with E-state index in [0.717, 1.165) is 6.54 Å². The van der Waals surface area contributed by atoms with Gasteiger partial charge in [0.05, 0.1) is 0 Å². The molecular weight excluding hydrogens is 208 g/mol. The lowest BCUT2D eigenvalue weighted by molar-refractivity contribution is 0.312. The molecule has 2 rings (SSSR count). The Bertz CT molecular complexity index is 344. The second kappa shape index (κ2) is 5.54. The first-order valence-electron chi connectivity index (χ1n) is 6.70. The van der Waals surface area contributed by atoms with E-state index in [1.807, 2.05) is 0 Å². The van der Waals surface area contributed by atoms with Gasteiger partial charge < -0.3 is 10.6 Å². The predicted molar refractivity (Wildman–Crippen MR) is 74.4 cm³/mol. The van der Waals surface area contributed by atoms with Gasteiger partial charge in [-0.3, -0.25) is 0 Å². The Morgan fingerprint density at radius 3 is 2.47 bits per heavy atom. The standard InChI is InChI=1S/C15H24N2/c1-12-7-9-14(10-8-12)17(2)11-13-5-3-4-6-15(13)16/h7-10,13,15H,3-6,11,16H2,1-2H3. The Balaban J connectivity index is 1.95. The molecular formula is C15H24N2. The first-order valence-corrected chi connectivity index (χ1v) is 6.70. The summed E-state index contributed by atoms with van der Waals surface area (Å²) in [5.41, 5.74) is 8.82. The highest BCUT2D eigenvalue weighted by atomic mass is 15.1. The van der Waals surface area contributed by atoms with Crippen LogP contribution < -0.4 is 10.6 Å². The number of nitrogens with two attached hydrogens (primary N) is 1. The number of hydrogen-bond acceptors (Lipinski definition) is 2. The molecule has 1 aliphatic carbocycles. The smallest absolute Gasteiger partial charge is 0.0363 e. The van der Waals surface area contributed by atoms with Gasteiger partial charge in [-0.05, 0) is 37.8 Å². The maximum Gasteiger partial charge on any atom is 0.0363 e. The summed E-state index contributed by atoms with van der Waals surface area (Å²) in [5.74, 6) is 0.662. The van der Waals surface area contributed by atoms with Crippen LogP contribution in [-0.2, 0) is 0 Å². The molecule has 2 N–H and O–H groups in total. The molecule has 2 unspecified atom stereocenters. The molecule has 0 heterocycles. The molecule has 1 aliphatic rings. The highest BCUT2D eigenvalue weighted by molar-refractivity contribution is 5.46. The second-order valence-electron chi connectivity index (χ2n) is 5.42. The highest BCUT2D eigenvalue weighted by Crippen LogP contribution is 2.25. The molecule has 1 fully saturated rings. The van der Waals surface area contributed by atoms with Gasteiger partial charge in [-0.1, -0.05) is 30.5 Å². The molecule has 1 aromatic rings. The second-order valence-corrected chi connectivity index (χ2v) is 5.42. The van der Waals surface area contributed by atoms with Crippen LogP contribution in [-0.4, -0.2) is 19.6 Å². The summed E-state index contributed by atoms with van der Waals surface area (Å²) in [6.07, 6.45) is 5.15. The van der Waals surface area contributed by atoms with Crippen LogP contribution in [0.5, 0.6) is 0 Å². The van der Waals surface area contributed by atoms with Gasteiger partial charge in [0.2, 0.25) is 0 Å². The molecule has 0 aromatic heterocycles. The first-order chi connectivity index (χ1) is 8.16. The zero-order chi connectivity index (χ0) is 12.3. The van der Waals surface area contributed by atoms with Crippen molar-refractivity contribution < 1.29 is 0 Å². The third-order valence-corrected chi connectivity index (χ3v) is 3.95. The van der Waals surface area contributed by atoms with Gasteiger partial charge in [0.1, 0.15) is 0 Å². The Morgan fingerprint density at radius 2 is 1.82 bits per heavy atom. The summed E-state index contributed by atoms with van der Waals surface area (Å²) in [6, 6.07) is 9.14. The summed E-state index contributed by atoms with van der Waals surface area (Å²) in [4.78, 5) is 2.34. The number of benzene rings is 1. The Morgan fingerprint density at radius 1 is 1.18 bits per heavy atom. The minimum Gasteiger partial charge on any atom is -0.374 e. The lowest BCUT2D eigenvalue weighted by Gasteiger charge is -2.33. The number of hydrogen-bond donors (Lipinski definition) is 1. The molecule has 0 radical (unpaired) electrons. The van der Waals surface area contributed by atoms with Crippen molar-refractivity contribution in [3.05, 3.63) is 29.8 Å². The van der Waals surface area contributed by atoms with Crippen LogP contribution in [0.25, 0.3) is 0 Å². The fourth-order valence-electron chi connectivity index (χ4n) is 2.72. The van der Waals surface area contributed by atoms with Crippen LogP contribution in [0, 0.1) is 12.8 Å². The lowest BCUT2D eigenvalue weighted by Crippen LogP contribution is -2.40. The average molecular weight is 232 g/mol. The number of aryl methyl sites for hydroxylation is 1. The molecule has 2 nitrogen and oxygen atoms in total. The summed E-state index contributed by atoms with van der Waals surface area (Å²) in [7, 11) is 2.17. The van der Waals surface area contributed by atoms with Crippen molar-refractivity contribution in [2.45, 2.75) is 38.6 Å². The molecule has 0 bridgehead atoms. The van der Waals surface area contributed by atoms with E-state index in [2.05, 4.69) is 43.1 Å². The molecule has 1 saturated carbocycles. The molecule has 0 amide bonds. The van der Waals surface area contributed by atoms with Crippen molar-refractivity contribution in [3.8, 4) is 0 Å². The monoisotopic (exact) mass is 232 g/mol. The maximum atomic E-state index is 6.20. The third-order valence-electron chi connectivity index (χ3n) is 3.95. The van der Waals surface area contributed by atoms with Crippen LogP contribution in [0.3, 0.4) is 0 Å². The summed E-state index contributed by atoms with van der Waals surface area (Å²) in [6.45, 7) is 3.21. The van der Waals surface area contributed by atoms with Gasteiger partial charge in [-0.25, -0.2) is 0 Å². The average Bonchev–Trinajstić information content (AvgIpc) is 2.33. The largest absolute Gasteiger partial charge is 0.374 e. The minimum atomic E-state index is 0.400. The van der Waals surface area contributed by atoms with E-state index < -0.39 is 0 Å². The summed E-state index contributed by atoms with van der Waals surface area (Å²) < 4.78 is 0. The molecule has 0 aliphatic heterocycles. The van der Waals surface area contributed by atoms with Crippen LogP contribution in [0.4, 0.5) is 5.69 Å². The molecule has 2 atom stereocenters. The van der Waals surface area contributed by atoms with Gasteiger partial charge in [-0.2, -0.15) is 0 Å². The van der Waals surface area contributed by atoms with Crippen LogP contribution >= 0.6 is 0 Å². The van der Waals surface area contributed by atoms with Crippen molar-refractivity contribution in [2.75, 3.05) is 18.5 Å². The number of nitrogens with zero attached hydrogens (tertiary/aromatic N) is 1. The van der Waals surface area contributed by atoms with Gasteiger partial charge in [0, 0.05) is 25.3 Å². The van der Waals surface area contributed by atoms with E-state index >= 15 is 0 Å².